The minimum Gasteiger partial charge on any atom is -0.357 e. The zero-order chi connectivity index (χ0) is 27.0. The van der Waals surface area contributed by atoms with Crippen LogP contribution in [0.1, 0.15) is 18.9 Å². The van der Waals surface area contributed by atoms with Gasteiger partial charge in [-0.3, -0.25) is 13.9 Å². The summed E-state index contributed by atoms with van der Waals surface area (Å²) in [7, 11) is -2.70. The van der Waals surface area contributed by atoms with E-state index in [9.17, 15) is 18.0 Å². The van der Waals surface area contributed by atoms with E-state index in [1.807, 2.05) is 30.3 Å². The molecule has 0 aliphatic heterocycles. The molecule has 2 amide bonds. The molecular weight excluding hydrogens is 533 g/mol. The number of benzene rings is 3. The number of rotatable bonds is 11. The van der Waals surface area contributed by atoms with Crippen LogP contribution in [0.5, 0.6) is 0 Å². The van der Waals surface area contributed by atoms with Crippen molar-refractivity contribution in [2.75, 3.05) is 24.4 Å². The number of likely N-dealkylation sites (N-methyl/N-ethyl adjacent to an activating group) is 1. The second kappa shape index (κ2) is 12.9. The number of amides is 2. The maximum absolute atomic E-state index is 13.8. The van der Waals surface area contributed by atoms with Crippen LogP contribution in [0.25, 0.3) is 0 Å². The fourth-order valence-corrected chi connectivity index (χ4v) is 5.85. The molecule has 0 unspecified atom stereocenters. The molecule has 37 heavy (non-hydrogen) atoms. The van der Waals surface area contributed by atoms with Gasteiger partial charge < -0.3 is 10.2 Å². The number of anilines is 1. The maximum atomic E-state index is 13.8. The predicted octanol–water partition coefficient (Wildman–Crippen LogP) is 4.78. The molecule has 0 aliphatic rings. The Morgan fingerprint density at radius 2 is 1.57 bits per heavy atom. The van der Waals surface area contributed by atoms with Crippen LogP contribution >= 0.6 is 23.2 Å². The number of nitrogens with one attached hydrogen (secondary N) is 1. The lowest BCUT2D eigenvalue weighted by molar-refractivity contribution is -0.139. The largest absolute Gasteiger partial charge is 0.357 e. The highest BCUT2D eigenvalue weighted by Crippen LogP contribution is 2.33. The lowest BCUT2D eigenvalue weighted by Gasteiger charge is -2.33. The summed E-state index contributed by atoms with van der Waals surface area (Å²) in [4.78, 5) is 27.9. The van der Waals surface area contributed by atoms with Crippen molar-refractivity contribution >= 4 is 50.7 Å². The van der Waals surface area contributed by atoms with Gasteiger partial charge in [0, 0.05) is 18.6 Å². The molecule has 1 N–H and O–H groups in total. The molecule has 0 aromatic heterocycles. The third kappa shape index (κ3) is 7.03. The number of hydrogen-bond acceptors (Lipinski definition) is 4. The SMILES string of the molecule is CC[C@@H](C(=O)NC)N(CCc1ccccc1)C(=O)CN(c1cc(Cl)ccc1Cl)S(=O)(=O)c1ccccc1. The van der Waals surface area contributed by atoms with Gasteiger partial charge in [-0.2, -0.15) is 0 Å². The van der Waals surface area contributed by atoms with E-state index in [-0.39, 0.29) is 33.1 Å². The van der Waals surface area contributed by atoms with Crippen molar-refractivity contribution in [3.8, 4) is 0 Å². The molecule has 0 saturated carbocycles. The molecule has 3 aromatic rings. The molecular formula is C27H29Cl2N3O4S. The summed E-state index contributed by atoms with van der Waals surface area (Å²) < 4.78 is 28.4. The third-order valence-corrected chi connectivity index (χ3v) is 8.23. The van der Waals surface area contributed by atoms with Gasteiger partial charge in [0.1, 0.15) is 12.6 Å². The summed E-state index contributed by atoms with van der Waals surface area (Å²) >= 11 is 12.6. The zero-order valence-electron chi connectivity index (χ0n) is 20.6. The fourth-order valence-electron chi connectivity index (χ4n) is 3.97. The number of sulfonamides is 1. The predicted molar refractivity (Wildman–Crippen MR) is 147 cm³/mol. The third-order valence-electron chi connectivity index (χ3n) is 5.90. The molecule has 0 radical (unpaired) electrons. The van der Waals surface area contributed by atoms with Crippen molar-refractivity contribution in [1.82, 2.24) is 10.2 Å². The first-order valence-electron chi connectivity index (χ1n) is 11.8. The van der Waals surface area contributed by atoms with Gasteiger partial charge in [-0.05, 0) is 48.7 Å². The Kier molecular flexibility index (Phi) is 9.97. The second-order valence-corrected chi connectivity index (χ2v) is 11.0. The molecule has 7 nitrogen and oxygen atoms in total. The van der Waals surface area contributed by atoms with Gasteiger partial charge in [0.25, 0.3) is 10.0 Å². The molecule has 196 valence electrons. The zero-order valence-corrected chi connectivity index (χ0v) is 22.9. The highest BCUT2D eigenvalue weighted by atomic mass is 35.5. The van der Waals surface area contributed by atoms with Crippen LogP contribution in [0.4, 0.5) is 5.69 Å². The lowest BCUT2D eigenvalue weighted by Crippen LogP contribution is -2.52. The van der Waals surface area contributed by atoms with Crippen molar-refractivity contribution in [1.29, 1.82) is 0 Å². The molecule has 3 rings (SSSR count). The van der Waals surface area contributed by atoms with Gasteiger partial charge in [-0.15, -0.1) is 0 Å². The number of carbonyl (C=O) groups excluding carboxylic acids is 2. The molecule has 10 heteroatoms. The van der Waals surface area contributed by atoms with Gasteiger partial charge in [0.05, 0.1) is 15.6 Å². The number of hydrogen-bond donors (Lipinski definition) is 1. The normalized spacial score (nSPS) is 12.0. The average Bonchev–Trinajstić information content (AvgIpc) is 2.91. The summed E-state index contributed by atoms with van der Waals surface area (Å²) in [5.41, 5.74) is 1.06. The van der Waals surface area contributed by atoms with Gasteiger partial charge in [-0.1, -0.05) is 78.7 Å². The summed E-state index contributed by atoms with van der Waals surface area (Å²) in [6.45, 7) is 1.45. The smallest absolute Gasteiger partial charge is 0.264 e. The average molecular weight is 563 g/mol. The summed E-state index contributed by atoms with van der Waals surface area (Å²) in [6.07, 6.45) is 0.840. The highest BCUT2D eigenvalue weighted by Gasteiger charge is 2.34. The van der Waals surface area contributed by atoms with Crippen molar-refractivity contribution in [3.63, 3.8) is 0 Å². The van der Waals surface area contributed by atoms with Gasteiger partial charge >= 0.3 is 0 Å². The van der Waals surface area contributed by atoms with E-state index in [1.54, 1.807) is 25.1 Å². The second-order valence-electron chi connectivity index (χ2n) is 8.28. The molecule has 0 aliphatic carbocycles. The summed E-state index contributed by atoms with van der Waals surface area (Å²) in [5.74, 6) is -0.871. The van der Waals surface area contributed by atoms with Gasteiger partial charge in [-0.25, -0.2) is 8.42 Å². The van der Waals surface area contributed by atoms with E-state index in [2.05, 4.69) is 5.32 Å². The Morgan fingerprint density at radius 3 is 2.16 bits per heavy atom. The Bertz CT molecular complexity index is 1320. The first kappa shape index (κ1) is 28.5. The Labute approximate surface area is 228 Å². The van der Waals surface area contributed by atoms with E-state index < -0.39 is 28.5 Å². The maximum Gasteiger partial charge on any atom is 0.264 e. The first-order valence-corrected chi connectivity index (χ1v) is 14.0. The van der Waals surface area contributed by atoms with Crippen LogP contribution in [0.2, 0.25) is 10.0 Å². The van der Waals surface area contributed by atoms with Crippen LogP contribution in [-0.4, -0.2) is 51.3 Å². The highest BCUT2D eigenvalue weighted by molar-refractivity contribution is 7.92. The van der Waals surface area contributed by atoms with E-state index >= 15 is 0 Å². The van der Waals surface area contributed by atoms with E-state index in [0.717, 1.165) is 9.87 Å². The first-order chi connectivity index (χ1) is 17.7. The Balaban J connectivity index is 2.03. The van der Waals surface area contributed by atoms with Crippen molar-refractivity contribution in [3.05, 3.63) is 94.5 Å². The van der Waals surface area contributed by atoms with Gasteiger partial charge in [0.2, 0.25) is 11.8 Å². The van der Waals surface area contributed by atoms with Crippen LogP contribution < -0.4 is 9.62 Å². The Hall–Kier alpha value is -3.07. The minimum absolute atomic E-state index is 0.00646. The molecule has 0 fully saturated rings. The van der Waals surface area contributed by atoms with Crippen molar-refractivity contribution in [2.24, 2.45) is 0 Å². The molecule has 0 saturated heterocycles. The van der Waals surface area contributed by atoms with Crippen LogP contribution in [0, 0.1) is 0 Å². The number of nitrogens with zero attached hydrogens (tertiary/aromatic N) is 2. The van der Waals surface area contributed by atoms with E-state index in [1.165, 1.54) is 42.3 Å². The monoisotopic (exact) mass is 561 g/mol. The molecule has 0 bridgehead atoms. The quantitative estimate of drug-likeness (QED) is 0.364. The number of halogens is 2. The molecule has 0 heterocycles. The van der Waals surface area contributed by atoms with Crippen molar-refractivity contribution in [2.45, 2.75) is 30.7 Å². The molecule has 3 aromatic carbocycles. The minimum atomic E-state index is -4.21. The van der Waals surface area contributed by atoms with Crippen molar-refractivity contribution < 1.29 is 18.0 Å². The summed E-state index contributed by atoms with van der Waals surface area (Å²) in [6, 6.07) is 21.0. The van der Waals surface area contributed by atoms with E-state index in [4.69, 9.17) is 23.2 Å². The lowest BCUT2D eigenvalue weighted by atomic mass is 10.1. The summed E-state index contributed by atoms with van der Waals surface area (Å²) in [5, 5.41) is 2.98. The van der Waals surface area contributed by atoms with Gasteiger partial charge in [0.15, 0.2) is 0 Å². The van der Waals surface area contributed by atoms with E-state index in [0.29, 0.717) is 12.8 Å². The van der Waals surface area contributed by atoms with Crippen LogP contribution in [0.15, 0.2) is 83.8 Å². The molecule has 1 atom stereocenters. The molecule has 0 spiro atoms. The standard InChI is InChI=1S/C27H29Cl2N3O4S/c1-3-24(27(34)30-2)31(17-16-20-10-6-4-7-11-20)26(33)19-32(25-18-21(28)14-15-23(25)29)37(35,36)22-12-8-5-9-13-22/h4-15,18,24H,3,16-17,19H2,1-2H3,(H,30,34)/t24-/m0/s1. The Morgan fingerprint density at radius 1 is 0.946 bits per heavy atom. The van der Waals surface area contributed by atoms with Crippen LogP contribution in [0.3, 0.4) is 0 Å². The van der Waals surface area contributed by atoms with Crippen LogP contribution in [-0.2, 0) is 26.0 Å². The fraction of sp³-hybridized carbons (Fsp3) is 0.259. The number of carbonyl (C=O) groups is 2. The topological polar surface area (TPSA) is 86.8 Å².